The first-order valence-corrected chi connectivity index (χ1v) is 13.9. The standard InChI is InChI=1S/C33H31N3O3/c34-19-23-13-15-25(16-14-23)31-30-29(26-12-7-17-35(26)31)32(24-10-5-2-6-11-24)36(33(30)37)27(28-20-38-21-39-28)18-22-8-3-1-4-9-22/h1-6,8-11,13-16,20,26-27,29-32H,7,12,17-18,21H2. The third-order valence-electron chi connectivity index (χ3n) is 9.05. The van der Waals surface area contributed by atoms with E-state index in [2.05, 4.69) is 52.3 Å². The quantitative estimate of drug-likeness (QED) is 0.441. The Morgan fingerprint density at radius 3 is 2.33 bits per heavy atom. The van der Waals surface area contributed by atoms with Gasteiger partial charge >= 0.3 is 0 Å². The van der Waals surface area contributed by atoms with Gasteiger partial charge in [0.05, 0.1) is 29.6 Å². The lowest BCUT2D eigenvalue weighted by molar-refractivity contribution is -0.135. The van der Waals surface area contributed by atoms with Gasteiger partial charge < -0.3 is 14.4 Å². The highest BCUT2D eigenvalue weighted by atomic mass is 16.7. The highest BCUT2D eigenvalue weighted by Gasteiger charge is 2.64. The Morgan fingerprint density at radius 1 is 0.923 bits per heavy atom. The number of carbonyl (C=O) groups is 1. The number of rotatable bonds is 6. The van der Waals surface area contributed by atoms with Gasteiger partial charge in [-0.05, 0) is 48.2 Å². The monoisotopic (exact) mass is 517 g/mol. The number of hydrogen-bond donors (Lipinski definition) is 0. The van der Waals surface area contributed by atoms with E-state index in [1.165, 1.54) is 5.56 Å². The Balaban J connectivity index is 1.36. The van der Waals surface area contributed by atoms with Gasteiger partial charge in [0.2, 0.25) is 12.7 Å². The largest absolute Gasteiger partial charge is 0.462 e. The van der Waals surface area contributed by atoms with Gasteiger partial charge in [0.25, 0.3) is 0 Å². The molecule has 6 unspecified atom stereocenters. The summed E-state index contributed by atoms with van der Waals surface area (Å²) in [5.41, 5.74) is 4.08. The molecule has 4 heterocycles. The van der Waals surface area contributed by atoms with E-state index in [-0.39, 0.29) is 42.7 Å². The highest BCUT2D eigenvalue weighted by molar-refractivity contribution is 5.85. The van der Waals surface area contributed by atoms with Crippen molar-refractivity contribution >= 4 is 5.91 Å². The van der Waals surface area contributed by atoms with Crippen molar-refractivity contribution < 1.29 is 14.3 Å². The van der Waals surface area contributed by atoms with Crippen molar-refractivity contribution in [2.24, 2.45) is 11.8 Å². The predicted molar refractivity (Wildman–Crippen MR) is 146 cm³/mol. The van der Waals surface area contributed by atoms with Crippen LogP contribution in [0.3, 0.4) is 0 Å². The Kier molecular flexibility index (Phi) is 6.09. The molecule has 6 atom stereocenters. The summed E-state index contributed by atoms with van der Waals surface area (Å²) >= 11 is 0. The van der Waals surface area contributed by atoms with Gasteiger partial charge in [0, 0.05) is 24.4 Å². The second-order valence-electron chi connectivity index (χ2n) is 11.0. The van der Waals surface area contributed by atoms with Gasteiger partial charge in [-0.3, -0.25) is 9.69 Å². The normalized spacial score (nSPS) is 28.3. The van der Waals surface area contributed by atoms with Crippen LogP contribution in [-0.4, -0.2) is 41.1 Å². The van der Waals surface area contributed by atoms with Gasteiger partial charge in [-0.1, -0.05) is 72.8 Å². The lowest BCUT2D eigenvalue weighted by Crippen LogP contribution is -2.45. The first-order chi connectivity index (χ1) is 19.2. The molecule has 0 bridgehead atoms. The summed E-state index contributed by atoms with van der Waals surface area (Å²) in [5.74, 6) is 0.875. The zero-order valence-electron chi connectivity index (χ0n) is 21.7. The SMILES string of the molecule is N#Cc1ccc(C2C3C(=O)N(C(Cc4ccccc4)C4=COCO4)C(c4ccccc4)C3C3CCCN32)cc1. The molecule has 7 rings (SSSR count). The fourth-order valence-electron chi connectivity index (χ4n) is 7.57. The van der Waals surface area contributed by atoms with Crippen molar-refractivity contribution in [2.75, 3.05) is 13.3 Å². The van der Waals surface area contributed by atoms with Crippen LogP contribution in [0.25, 0.3) is 0 Å². The van der Waals surface area contributed by atoms with Crippen molar-refractivity contribution in [3.63, 3.8) is 0 Å². The third kappa shape index (κ3) is 4.00. The maximum Gasteiger partial charge on any atom is 0.229 e. The molecule has 4 aliphatic rings. The predicted octanol–water partition coefficient (Wildman–Crippen LogP) is 5.35. The van der Waals surface area contributed by atoms with Crippen LogP contribution in [0.4, 0.5) is 0 Å². The van der Waals surface area contributed by atoms with Crippen molar-refractivity contribution in [1.82, 2.24) is 9.80 Å². The van der Waals surface area contributed by atoms with Crippen LogP contribution in [0.5, 0.6) is 0 Å². The van der Waals surface area contributed by atoms with E-state index in [0.717, 1.165) is 30.5 Å². The second-order valence-corrected chi connectivity index (χ2v) is 11.0. The Labute approximate surface area is 229 Å². The zero-order chi connectivity index (χ0) is 26.3. The van der Waals surface area contributed by atoms with Crippen LogP contribution in [-0.2, 0) is 20.7 Å². The van der Waals surface area contributed by atoms with Crippen molar-refractivity contribution in [3.05, 3.63) is 119 Å². The van der Waals surface area contributed by atoms with Gasteiger partial charge in [-0.2, -0.15) is 5.26 Å². The molecule has 6 heteroatoms. The molecule has 0 spiro atoms. The number of ether oxygens (including phenoxy) is 2. The van der Waals surface area contributed by atoms with E-state index in [9.17, 15) is 10.1 Å². The molecule has 0 N–H and O–H groups in total. The number of nitriles is 1. The van der Waals surface area contributed by atoms with E-state index < -0.39 is 0 Å². The minimum atomic E-state index is -0.269. The molecule has 3 aromatic rings. The average molecular weight is 518 g/mol. The van der Waals surface area contributed by atoms with E-state index in [1.807, 2.05) is 48.5 Å². The molecule has 0 radical (unpaired) electrons. The molecule has 196 valence electrons. The van der Waals surface area contributed by atoms with Crippen LogP contribution < -0.4 is 0 Å². The number of hydrogen-bond acceptors (Lipinski definition) is 5. The fourth-order valence-corrected chi connectivity index (χ4v) is 7.57. The Bertz CT molecular complexity index is 1420. The molecule has 1 amide bonds. The number of nitrogens with zero attached hydrogens (tertiary/aromatic N) is 3. The minimum Gasteiger partial charge on any atom is -0.462 e. The molecular weight excluding hydrogens is 486 g/mol. The van der Waals surface area contributed by atoms with E-state index in [0.29, 0.717) is 23.8 Å². The van der Waals surface area contributed by atoms with Crippen LogP contribution in [0.15, 0.2) is 97.0 Å². The van der Waals surface area contributed by atoms with Crippen LogP contribution >= 0.6 is 0 Å². The topological polar surface area (TPSA) is 65.8 Å². The van der Waals surface area contributed by atoms with Gasteiger partial charge in [-0.25, -0.2) is 0 Å². The second kappa shape index (κ2) is 9.91. The van der Waals surface area contributed by atoms with E-state index in [4.69, 9.17) is 9.47 Å². The summed E-state index contributed by atoms with van der Waals surface area (Å²) < 4.78 is 11.5. The van der Waals surface area contributed by atoms with E-state index in [1.54, 1.807) is 6.26 Å². The number of carbonyl (C=O) groups excluding carboxylic acids is 1. The number of amides is 1. The molecule has 6 nitrogen and oxygen atoms in total. The van der Waals surface area contributed by atoms with Crippen LogP contribution in [0.1, 0.15) is 47.2 Å². The molecule has 4 aliphatic heterocycles. The Morgan fingerprint density at radius 2 is 1.64 bits per heavy atom. The summed E-state index contributed by atoms with van der Waals surface area (Å²) in [7, 11) is 0. The number of fused-ring (bicyclic) bond motifs is 3. The van der Waals surface area contributed by atoms with Gasteiger partial charge in [-0.15, -0.1) is 0 Å². The first-order valence-electron chi connectivity index (χ1n) is 13.9. The zero-order valence-corrected chi connectivity index (χ0v) is 21.7. The summed E-state index contributed by atoms with van der Waals surface area (Å²) in [4.78, 5) is 19.5. The summed E-state index contributed by atoms with van der Waals surface area (Å²) in [6.45, 7) is 1.17. The molecular formula is C33H31N3O3. The molecule has 39 heavy (non-hydrogen) atoms. The van der Waals surface area contributed by atoms with Crippen molar-refractivity contribution in [1.29, 1.82) is 5.26 Å². The number of likely N-dealkylation sites (tertiary alicyclic amines) is 1. The summed E-state index contributed by atoms with van der Waals surface area (Å²) in [6.07, 6.45) is 4.56. The molecule has 3 saturated heterocycles. The molecule has 0 aromatic heterocycles. The smallest absolute Gasteiger partial charge is 0.229 e. The number of benzene rings is 3. The molecule has 0 aliphatic carbocycles. The minimum absolute atomic E-state index is 0.00828. The third-order valence-corrected chi connectivity index (χ3v) is 9.05. The lowest BCUT2D eigenvalue weighted by Gasteiger charge is -2.38. The summed E-state index contributed by atoms with van der Waals surface area (Å²) in [5, 5.41) is 9.37. The molecule has 3 aromatic carbocycles. The fraction of sp³-hybridized carbons (Fsp3) is 0.333. The average Bonchev–Trinajstić information content (AvgIpc) is 3.77. The maximum atomic E-state index is 14.8. The lowest BCUT2D eigenvalue weighted by atomic mass is 9.80. The van der Waals surface area contributed by atoms with Gasteiger partial charge in [0.15, 0.2) is 5.76 Å². The van der Waals surface area contributed by atoms with Gasteiger partial charge in [0.1, 0.15) is 6.26 Å². The van der Waals surface area contributed by atoms with Crippen LogP contribution in [0.2, 0.25) is 0 Å². The van der Waals surface area contributed by atoms with Crippen LogP contribution in [0, 0.1) is 23.2 Å². The maximum absolute atomic E-state index is 14.8. The molecule has 0 saturated carbocycles. The Hall–Kier alpha value is -4.08. The summed E-state index contributed by atoms with van der Waals surface area (Å²) in [6, 6.07) is 30.9. The highest BCUT2D eigenvalue weighted by Crippen LogP contribution is 2.59. The molecule has 3 fully saturated rings. The first kappa shape index (κ1) is 24.0. The van der Waals surface area contributed by atoms with E-state index >= 15 is 0 Å². The van der Waals surface area contributed by atoms with Crippen molar-refractivity contribution in [2.45, 2.75) is 43.4 Å². The van der Waals surface area contributed by atoms with Crippen molar-refractivity contribution in [3.8, 4) is 6.07 Å².